The van der Waals surface area contributed by atoms with Crippen molar-refractivity contribution in [3.63, 3.8) is 0 Å². The standard InChI is InChI=1S/C19H37N11O6S/c20-9(7-13(21)31)14(32)28-10(3-1-5-26-18(22)23)15(33)30-12(8-37)16(34)29-11(17(35)36)4-2-6-27-19(24)25/h9-12,37H,1-8,20H2,(H2,21,31)(H,28,32)(H,29,34)(H,30,33)(H,35,36)(H4,22,23,26)(H4,24,25,27). The normalized spacial score (nSPS) is 13.7. The fourth-order valence-electron chi connectivity index (χ4n) is 2.86. The highest BCUT2D eigenvalue weighted by molar-refractivity contribution is 7.80. The maximum absolute atomic E-state index is 12.9. The van der Waals surface area contributed by atoms with Crippen molar-refractivity contribution in [3.8, 4) is 0 Å². The van der Waals surface area contributed by atoms with Gasteiger partial charge in [-0.2, -0.15) is 12.6 Å². The molecule has 0 aliphatic rings. The van der Waals surface area contributed by atoms with E-state index in [0.717, 1.165) is 0 Å². The molecule has 0 saturated carbocycles. The van der Waals surface area contributed by atoms with E-state index in [1.807, 2.05) is 0 Å². The van der Waals surface area contributed by atoms with Gasteiger partial charge in [-0.1, -0.05) is 0 Å². The van der Waals surface area contributed by atoms with Gasteiger partial charge in [-0.3, -0.25) is 29.2 Å². The van der Waals surface area contributed by atoms with Crippen LogP contribution in [0.25, 0.3) is 0 Å². The zero-order valence-electron chi connectivity index (χ0n) is 20.3. The van der Waals surface area contributed by atoms with Crippen LogP contribution in [0.1, 0.15) is 32.1 Å². The molecule has 37 heavy (non-hydrogen) atoms. The number of rotatable bonds is 18. The molecule has 16 N–H and O–H groups in total. The number of nitrogens with two attached hydrogens (primary N) is 6. The number of thiol groups is 1. The van der Waals surface area contributed by atoms with Crippen molar-refractivity contribution >= 4 is 54.1 Å². The lowest BCUT2D eigenvalue weighted by Crippen LogP contribution is -2.57. The summed E-state index contributed by atoms with van der Waals surface area (Å²) in [4.78, 5) is 68.0. The van der Waals surface area contributed by atoms with Gasteiger partial charge in [0.25, 0.3) is 0 Å². The third-order valence-corrected chi connectivity index (χ3v) is 5.08. The number of amides is 4. The van der Waals surface area contributed by atoms with Crippen LogP contribution in [0, 0.1) is 0 Å². The van der Waals surface area contributed by atoms with Gasteiger partial charge in [0.1, 0.15) is 18.1 Å². The van der Waals surface area contributed by atoms with Crippen LogP contribution in [0.3, 0.4) is 0 Å². The smallest absolute Gasteiger partial charge is 0.326 e. The zero-order chi connectivity index (χ0) is 28.5. The van der Waals surface area contributed by atoms with E-state index < -0.39 is 60.2 Å². The molecule has 0 aromatic carbocycles. The lowest BCUT2D eigenvalue weighted by molar-refractivity contribution is -0.142. The summed E-state index contributed by atoms with van der Waals surface area (Å²) in [5.41, 5.74) is 31.7. The lowest BCUT2D eigenvalue weighted by atomic mass is 10.1. The minimum atomic E-state index is -1.30. The third kappa shape index (κ3) is 15.0. The van der Waals surface area contributed by atoms with Gasteiger partial charge in [0, 0.05) is 18.8 Å². The van der Waals surface area contributed by atoms with Crippen molar-refractivity contribution in [1.82, 2.24) is 16.0 Å². The lowest BCUT2D eigenvalue weighted by Gasteiger charge is -2.24. The van der Waals surface area contributed by atoms with Gasteiger partial charge in [-0.05, 0) is 25.7 Å². The van der Waals surface area contributed by atoms with Gasteiger partial charge in [0.15, 0.2) is 11.9 Å². The molecule has 0 radical (unpaired) electrons. The fraction of sp³-hybridized carbons (Fsp3) is 0.632. The highest BCUT2D eigenvalue weighted by atomic mass is 32.1. The van der Waals surface area contributed by atoms with Crippen LogP contribution < -0.4 is 50.4 Å². The Labute approximate surface area is 219 Å². The highest BCUT2D eigenvalue weighted by Crippen LogP contribution is 2.04. The second kappa shape index (κ2) is 17.6. The topological polar surface area (TPSA) is 323 Å². The van der Waals surface area contributed by atoms with Gasteiger partial charge in [0.2, 0.25) is 23.6 Å². The summed E-state index contributed by atoms with van der Waals surface area (Å²) in [6.07, 6.45) is 0.140. The summed E-state index contributed by atoms with van der Waals surface area (Å²) in [5, 5.41) is 16.6. The summed E-state index contributed by atoms with van der Waals surface area (Å²) >= 11 is 4.06. The molecule has 210 valence electrons. The molecule has 18 heteroatoms. The van der Waals surface area contributed by atoms with E-state index in [1.165, 1.54) is 0 Å². The second-order valence-electron chi connectivity index (χ2n) is 7.88. The molecule has 4 amide bonds. The maximum Gasteiger partial charge on any atom is 0.326 e. The Morgan fingerprint density at radius 3 is 1.59 bits per heavy atom. The number of carboxylic acid groups (broad SMARTS) is 1. The SMILES string of the molecule is NC(=O)CC(N)C(=O)NC(CCCN=C(N)N)C(=O)NC(CS)C(=O)NC(CCCN=C(N)N)C(=O)O. The number of nitrogens with zero attached hydrogens (tertiary/aromatic N) is 2. The van der Waals surface area contributed by atoms with E-state index in [0.29, 0.717) is 0 Å². The highest BCUT2D eigenvalue weighted by Gasteiger charge is 2.29. The van der Waals surface area contributed by atoms with Crippen molar-refractivity contribution in [2.45, 2.75) is 56.3 Å². The second-order valence-corrected chi connectivity index (χ2v) is 8.24. The van der Waals surface area contributed by atoms with E-state index in [1.54, 1.807) is 0 Å². The van der Waals surface area contributed by atoms with Crippen molar-refractivity contribution in [2.24, 2.45) is 44.4 Å². The van der Waals surface area contributed by atoms with Gasteiger partial charge in [-0.25, -0.2) is 4.79 Å². The van der Waals surface area contributed by atoms with Crippen LogP contribution >= 0.6 is 12.6 Å². The van der Waals surface area contributed by atoms with Crippen LogP contribution in [0.2, 0.25) is 0 Å². The number of carbonyl (C=O) groups excluding carboxylic acids is 4. The molecular weight excluding hydrogens is 510 g/mol. The van der Waals surface area contributed by atoms with Crippen LogP contribution in [0.15, 0.2) is 9.98 Å². The molecule has 0 spiro atoms. The molecule has 0 bridgehead atoms. The number of aliphatic imine (C=N–C) groups is 2. The first-order chi connectivity index (χ1) is 17.3. The number of carboxylic acids is 1. The summed E-state index contributed by atoms with van der Waals surface area (Å²) in [5.74, 6) is -5.01. The van der Waals surface area contributed by atoms with Gasteiger partial charge < -0.3 is 55.5 Å². The molecular formula is C19H37N11O6S. The first-order valence-corrected chi connectivity index (χ1v) is 11.8. The summed E-state index contributed by atoms with van der Waals surface area (Å²) in [6.45, 7) is 0.305. The quantitative estimate of drug-likeness (QED) is 0.0333. The zero-order valence-corrected chi connectivity index (χ0v) is 21.2. The van der Waals surface area contributed by atoms with Crippen LogP contribution in [-0.2, 0) is 24.0 Å². The molecule has 0 rings (SSSR count). The predicted molar refractivity (Wildman–Crippen MR) is 139 cm³/mol. The Morgan fingerprint density at radius 2 is 1.16 bits per heavy atom. The number of primary amides is 1. The molecule has 0 aliphatic heterocycles. The van der Waals surface area contributed by atoms with Gasteiger partial charge in [0.05, 0.1) is 12.5 Å². The molecule has 0 aromatic rings. The summed E-state index contributed by atoms with van der Waals surface area (Å²) in [6, 6.07) is -5.01. The van der Waals surface area contributed by atoms with Gasteiger partial charge >= 0.3 is 5.97 Å². The Hall–Kier alpha value is -3.80. The minimum absolute atomic E-state index is 0.0202. The average Bonchev–Trinajstić information content (AvgIpc) is 2.79. The maximum atomic E-state index is 12.9. The molecule has 4 atom stereocenters. The first-order valence-electron chi connectivity index (χ1n) is 11.2. The van der Waals surface area contributed by atoms with Gasteiger partial charge in [-0.15, -0.1) is 0 Å². The fourth-order valence-corrected chi connectivity index (χ4v) is 3.12. The number of hydrogen-bond acceptors (Lipinski definition) is 9. The molecule has 0 saturated heterocycles. The summed E-state index contributed by atoms with van der Waals surface area (Å²) in [7, 11) is 0. The first kappa shape index (κ1) is 33.2. The Bertz CT molecular complexity index is 861. The Kier molecular flexibility index (Phi) is 15.8. The molecule has 0 aliphatic carbocycles. The Morgan fingerprint density at radius 1 is 0.730 bits per heavy atom. The third-order valence-electron chi connectivity index (χ3n) is 4.71. The van der Waals surface area contributed by atoms with E-state index in [2.05, 4.69) is 38.6 Å². The number of aliphatic carboxylic acids is 1. The van der Waals surface area contributed by atoms with Crippen LogP contribution in [-0.4, -0.2) is 89.6 Å². The van der Waals surface area contributed by atoms with E-state index in [-0.39, 0.29) is 56.4 Å². The number of guanidine groups is 2. The molecule has 0 heterocycles. The molecule has 0 aromatic heterocycles. The molecule has 4 unspecified atom stereocenters. The van der Waals surface area contributed by atoms with E-state index >= 15 is 0 Å². The van der Waals surface area contributed by atoms with Crippen molar-refractivity contribution in [3.05, 3.63) is 0 Å². The van der Waals surface area contributed by atoms with E-state index in [9.17, 15) is 29.1 Å². The molecule has 17 nitrogen and oxygen atoms in total. The Balaban J connectivity index is 5.34. The minimum Gasteiger partial charge on any atom is -0.480 e. The van der Waals surface area contributed by atoms with Crippen molar-refractivity contribution in [2.75, 3.05) is 18.8 Å². The van der Waals surface area contributed by atoms with Crippen LogP contribution in [0.4, 0.5) is 0 Å². The predicted octanol–water partition coefficient (Wildman–Crippen LogP) is -5.23. The number of carbonyl (C=O) groups is 5. The summed E-state index contributed by atoms with van der Waals surface area (Å²) < 4.78 is 0. The largest absolute Gasteiger partial charge is 0.480 e. The number of hydrogen-bond donors (Lipinski definition) is 11. The molecule has 0 fully saturated rings. The average molecular weight is 548 g/mol. The monoisotopic (exact) mass is 547 g/mol. The number of nitrogens with one attached hydrogen (secondary N) is 3. The van der Waals surface area contributed by atoms with E-state index in [4.69, 9.17) is 34.4 Å². The van der Waals surface area contributed by atoms with Crippen LogP contribution in [0.5, 0.6) is 0 Å². The van der Waals surface area contributed by atoms with Crippen molar-refractivity contribution in [1.29, 1.82) is 0 Å². The van der Waals surface area contributed by atoms with Crippen molar-refractivity contribution < 1.29 is 29.1 Å².